The van der Waals surface area contributed by atoms with Crippen LogP contribution in [0.5, 0.6) is 0 Å². The van der Waals surface area contributed by atoms with Crippen LogP contribution in [0.15, 0.2) is 46.2 Å². The van der Waals surface area contributed by atoms with Crippen molar-refractivity contribution in [3.05, 3.63) is 80.5 Å². The number of rotatable bonds is 14. The first-order valence-electron chi connectivity index (χ1n) is 13.8. The second-order valence-electron chi connectivity index (χ2n) is 9.78. The lowest BCUT2D eigenvalue weighted by Gasteiger charge is -2.14. The van der Waals surface area contributed by atoms with Crippen molar-refractivity contribution in [2.45, 2.75) is 71.7 Å². The molecule has 0 amide bonds. The molecule has 0 fully saturated rings. The molecular weight excluding hydrogens is 515 g/mol. The summed E-state index contributed by atoms with van der Waals surface area (Å²) in [6, 6.07) is 7.45. The monoisotopic (exact) mass is 552 g/mol. The minimum atomic E-state index is -0.720. The average Bonchev–Trinajstić information content (AvgIpc) is 3.30. The van der Waals surface area contributed by atoms with Crippen LogP contribution in [0.3, 0.4) is 0 Å². The van der Waals surface area contributed by atoms with Crippen LogP contribution in [0, 0.1) is 5.95 Å². The summed E-state index contributed by atoms with van der Waals surface area (Å²) in [4.78, 5) is 40.0. The Balaban J connectivity index is 1.84. The molecule has 0 aliphatic rings. The number of nitrogen functional groups attached to an aromatic ring is 1. The van der Waals surface area contributed by atoms with Gasteiger partial charge in [0.15, 0.2) is 11.2 Å². The maximum atomic E-state index is 14.5. The Morgan fingerprint density at radius 1 is 1.05 bits per heavy atom. The van der Waals surface area contributed by atoms with Crippen LogP contribution in [0.1, 0.15) is 50.2 Å². The fourth-order valence-electron chi connectivity index (χ4n) is 4.64. The predicted octanol–water partition coefficient (Wildman–Crippen LogP) is 1.87. The summed E-state index contributed by atoms with van der Waals surface area (Å²) in [5.74, 6) is -0.326. The lowest BCUT2D eigenvalue weighted by molar-refractivity contribution is 0.167. The van der Waals surface area contributed by atoms with Gasteiger partial charge >= 0.3 is 5.69 Å². The van der Waals surface area contributed by atoms with E-state index in [-0.39, 0.29) is 36.4 Å². The molecule has 3 aromatic heterocycles. The number of hydrogen-bond acceptors (Lipinski definition) is 8. The summed E-state index contributed by atoms with van der Waals surface area (Å²) in [5.41, 5.74) is 7.38. The zero-order valence-corrected chi connectivity index (χ0v) is 23.0. The van der Waals surface area contributed by atoms with Gasteiger partial charge in [0.05, 0.1) is 12.5 Å². The minimum Gasteiger partial charge on any atom is -0.399 e. The molecule has 0 radical (unpaired) electrons. The number of unbranched alkanes of at least 4 members (excludes halogenated alkanes) is 1. The van der Waals surface area contributed by atoms with E-state index in [9.17, 15) is 19.1 Å². The highest BCUT2D eigenvalue weighted by molar-refractivity contribution is 5.71. The third kappa shape index (κ3) is 6.45. The number of benzene rings is 1. The number of imidazole rings is 1. The molecule has 4 rings (SSSR count). The largest absolute Gasteiger partial charge is 0.399 e. The number of hydrogen-bond donors (Lipinski definition) is 3. The van der Waals surface area contributed by atoms with Crippen molar-refractivity contribution < 1.29 is 9.50 Å². The Bertz CT molecular complexity index is 1560. The van der Waals surface area contributed by atoms with E-state index in [1.807, 2.05) is 32.0 Å². The highest BCUT2D eigenvalue weighted by Crippen LogP contribution is 2.18. The number of nitrogens with one attached hydrogen (secondary N) is 1. The number of nitrogens with zero attached hydrogens (tertiary/aromatic N) is 6. The van der Waals surface area contributed by atoms with Crippen molar-refractivity contribution in [2.24, 2.45) is 0 Å². The second-order valence-corrected chi connectivity index (χ2v) is 9.78. The molecule has 0 spiro atoms. The predicted molar refractivity (Wildman–Crippen MR) is 152 cm³/mol. The smallest absolute Gasteiger partial charge is 0.332 e. The molecule has 0 aliphatic heterocycles. The van der Waals surface area contributed by atoms with Gasteiger partial charge in [0.1, 0.15) is 11.5 Å². The Morgan fingerprint density at radius 2 is 1.82 bits per heavy atom. The van der Waals surface area contributed by atoms with Crippen LogP contribution in [0.4, 0.5) is 10.1 Å². The van der Waals surface area contributed by atoms with Gasteiger partial charge in [-0.3, -0.25) is 18.9 Å². The highest BCUT2D eigenvalue weighted by Gasteiger charge is 2.23. The van der Waals surface area contributed by atoms with Crippen molar-refractivity contribution in [2.75, 3.05) is 18.8 Å². The molecule has 40 heavy (non-hydrogen) atoms. The molecule has 214 valence electrons. The number of nitrogens with two attached hydrogens (primary N) is 1. The molecule has 0 bridgehead atoms. The van der Waals surface area contributed by atoms with Gasteiger partial charge in [0.25, 0.3) is 5.56 Å². The van der Waals surface area contributed by atoms with E-state index < -0.39 is 23.3 Å². The van der Waals surface area contributed by atoms with Crippen LogP contribution in [0.2, 0.25) is 0 Å². The number of halogens is 1. The number of aliphatic hydroxyl groups is 1. The molecule has 3 heterocycles. The van der Waals surface area contributed by atoms with Gasteiger partial charge in [0, 0.05) is 50.8 Å². The summed E-state index contributed by atoms with van der Waals surface area (Å²) in [6.45, 7) is 5.55. The SMILES string of the molecule is CCCCn1c(=O)c2c(nc(Cc3nccnc3F)n2CCNCC(O)CC)n(CCc2ccccc2N)c1=O. The van der Waals surface area contributed by atoms with E-state index in [0.29, 0.717) is 50.4 Å². The molecule has 0 aliphatic carbocycles. The van der Waals surface area contributed by atoms with Gasteiger partial charge in [-0.15, -0.1) is 0 Å². The van der Waals surface area contributed by atoms with Gasteiger partial charge in [-0.1, -0.05) is 38.5 Å². The Hall–Kier alpha value is -3.90. The maximum Gasteiger partial charge on any atom is 0.332 e. The lowest BCUT2D eigenvalue weighted by atomic mass is 10.1. The zero-order valence-electron chi connectivity index (χ0n) is 23.0. The minimum absolute atomic E-state index is 0.0137. The third-order valence-electron chi connectivity index (χ3n) is 7.00. The van der Waals surface area contributed by atoms with E-state index in [1.165, 1.54) is 21.5 Å². The van der Waals surface area contributed by atoms with Crippen molar-refractivity contribution in [1.29, 1.82) is 0 Å². The van der Waals surface area contributed by atoms with E-state index in [2.05, 4.69) is 15.3 Å². The van der Waals surface area contributed by atoms with Crippen molar-refractivity contribution in [3.8, 4) is 0 Å². The van der Waals surface area contributed by atoms with Gasteiger partial charge in [-0.05, 0) is 30.9 Å². The normalized spacial score (nSPS) is 12.3. The first kappa shape index (κ1) is 29.1. The molecule has 0 saturated heterocycles. The van der Waals surface area contributed by atoms with Gasteiger partial charge in [-0.2, -0.15) is 4.39 Å². The molecule has 1 unspecified atom stereocenters. The summed E-state index contributed by atoms with van der Waals surface area (Å²) in [6.07, 6.45) is 4.71. The third-order valence-corrected chi connectivity index (χ3v) is 7.00. The fourth-order valence-corrected chi connectivity index (χ4v) is 4.64. The molecule has 1 aromatic carbocycles. The van der Waals surface area contributed by atoms with Crippen LogP contribution >= 0.6 is 0 Å². The van der Waals surface area contributed by atoms with E-state index >= 15 is 0 Å². The second kappa shape index (κ2) is 13.4. The van der Waals surface area contributed by atoms with Crippen LogP contribution in [-0.2, 0) is 32.5 Å². The van der Waals surface area contributed by atoms with Gasteiger partial charge in [0.2, 0.25) is 5.95 Å². The molecule has 0 saturated carbocycles. The average molecular weight is 553 g/mol. The topological polar surface area (TPSA) is 146 Å². The maximum absolute atomic E-state index is 14.5. The summed E-state index contributed by atoms with van der Waals surface area (Å²) in [5, 5.41) is 13.1. The van der Waals surface area contributed by atoms with Crippen molar-refractivity contribution in [1.82, 2.24) is 34.0 Å². The summed E-state index contributed by atoms with van der Waals surface area (Å²) < 4.78 is 19.0. The number of aryl methyl sites for hydroxylation is 2. The van der Waals surface area contributed by atoms with Crippen LogP contribution in [0.25, 0.3) is 11.2 Å². The molecule has 1 atom stereocenters. The van der Waals surface area contributed by atoms with E-state index in [1.54, 1.807) is 10.6 Å². The quantitative estimate of drug-likeness (QED) is 0.159. The number of fused-ring (bicyclic) bond motifs is 1. The molecule has 4 N–H and O–H groups in total. The first-order valence-corrected chi connectivity index (χ1v) is 13.8. The Kier molecular flexibility index (Phi) is 9.78. The number of aromatic nitrogens is 6. The van der Waals surface area contributed by atoms with Crippen molar-refractivity contribution >= 4 is 16.9 Å². The molecule has 11 nitrogen and oxygen atoms in total. The molecule has 4 aromatic rings. The van der Waals surface area contributed by atoms with Crippen molar-refractivity contribution in [3.63, 3.8) is 0 Å². The van der Waals surface area contributed by atoms with Gasteiger partial charge < -0.3 is 20.7 Å². The van der Waals surface area contributed by atoms with Gasteiger partial charge in [-0.25, -0.2) is 14.8 Å². The molecule has 12 heteroatoms. The summed E-state index contributed by atoms with van der Waals surface area (Å²) in [7, 11) is 0. The Morgan fingerprint density at radius 3 is 2.55 bits per heavy atom. The van der Waals surface area contributed by atoms with E-state index in [4.69, 9.17) is 10.7 Å². The fraction of sp³-hybridized carbons (Fsp3) is 0.464. The number of anilines is 1. The van der Waals surface area contributed by atoms with Crippen LogP contribution in [-0.4, -0.2) is 53.0 Å². The highest BCUT2D eigenvalue weighted by atomic mass is 19.1. The molecular formula is C28H37FN8O3. The lowest BCUT2D eigenvalue weighted by Crippen LogP contribution is -2.41. The number of aliphatic hydroxyl groups excluding tert-OH is 1. The van der Waals surface area contributed by atoms with E-state index in [0.717, 1.165) is 12.0 Å². The summed E-state index contributed by atoms with van der Waals surface area (Å²) >= 11 is 0. The number of para-hydroxylation sites is 1. The standard InChI is InChI=1S/C28H37FN8O3/c1-3-5-14-37-27(39)24-26(36(28(37)40)15-10-19-8-6-7-9-21(19)30)34-23(17-22-25(29)33-12-11-32-22)35(24)16-13-31-18-20(38)4-2/h6-9,11-12,20,31,38H,3-5,10,13-18,30H2,1-2H3. The Labute approximate surface area is 231 Å². The first-order chi connectivity index (χ1) is 19.3. The zero-order chi connectivity index (χ0) is 28.6. The van der Waals surface area contributed by atoms with Crippen LogP contribution < -0.4 is 22.3 Å².